The summed E-state index contributed by atoms with van der Waals surface area (Å²) in [5, 5.41) is 11.5. The van der Waals surface area contributed by atoms with Gasteiger partial charge in [0, 0.05) is 5.69 Å². The van der Waals surface area contributed by atoms with Crippen molar-refractivity contribution in [3.63, 3.8) is 0 Å². The van der Waals surface area contributed by atoms with Gasteiger partial charge in [-0.25, -0.2) is 14.4 Å². The molecule has 8 heteroatoms. The van der Waals surface area contributed by atoms with E-state index < -0.39 is 17.9 Å². The smallest absolute Gasteiger partial charge is 0.354 e. The van der Waals surface area contributed by atoms with Crippen LogP contribution in [-0.2, 0) is 19.1 Å². The predicted molar refractivity (Wildman–Crippen MR) is 74.1 cm³/mol. The van der Waals surface area contributed by atoms with Gasteiger partial charge < -0.3 is 19.9 Å². The Balaban J connectivity index is 3.07. The molecule has 0 radical (unpaired) electrons. The fourth-order valence-electron chi connectivity index (χ4n) is 1.35. The summed E-state index contributed by atoms with van der Waals surface area (Å²) in [6, 6.07) is 3.96. The van der Waals surface area contributed by atoms with Crippen molar-refractivity contribution in [1.82, 2.24) is 0 Å². The molecule has 112 valence electrons. The number of rotatable bonds is 5. The molecule has 21 heavy (non-hydrogen) atoms. The van der Waals surface area contributed by atoms with Crippen LogP contribution in [0.5, 0.6) is 0 Å². The molecule has 7 nitrogen and oxygen atoms in total. The first-order valence-corrected chi connectivity index (χ1v) is 5.94. The summed E-state index contributed by atoms with van der Waals surface area (Å²) in [5.41, 5.74) is 0.0489. The first-order valence-electron chi connectivity index (χ1n) is 5.57. The van der Waals surface area contributed by atoms with Gasteiger partial charge in [-0.05, 0) is 18.2 Å². The quantitative estimate of drug-likeness (QED) is 0.629. The number of hydrogen-bond donors (Lipinski definition) is 2. The molecule has 0 heterocycles. The van der Waals surface area contributed by atoms with Crippen LogP contribution in [0.25, 0.3) is 0 Å². The Morgan fingerprint density at radius 3 is 2.38 bits per heavy atom. The summed E-state index contributed by atoms with van der Waals surface area (Å²) < 4.78 is 8.94. The highest BCUT2D eigenvalue weighted by atomic mass is 35.5. The third-order valence-corrected chi connectivity index (χ3v) is 2.66. The van der Waals surface area contributed by atoms with E-state index >= 15 is 0 Å². The molecular formula is C13H12ClNO6. The maximum absolute atomic E-state index is 11.5. The summed E-state index contributed by atoms with van der Waals surface area (Å²) in [5.74, 6) is -2.72. The van der Waals surface area contributed by atoms with Gasteiger partial charge in [0.2, 0.25) is 0 Å². The Labute approximate surface area is 125 Å². The zero-order valence-electron chi connectivity index (χ0n) is 11.2. The van der Waals surface area contributed by atoms with Crippen LogP contribution in [0.15, 0.2) is 30.0 Å². The zero-order valence-corrected chi connectivity index (χ0v) is 11.9. The lowest BCUT2D eigenvalue weighted by Crippen LogP contribution is -2.15. The molecule has 0 aliphatic carbocycles. The molecule has 0 bridgehead atoms. The van der Waals surface area contributed by atoms with Crippen LogP contribution in [0, 0.1) is 0 Å². The number of ether oxygens (including phenoxy) is 2. The molecule has 0 saturated heterocycles. The highest BCUT2D eigenvalue weighted by Crippen LogP contribution is 2.22. The predicted octanol–water partition coefficient (Wildman–Crippen LogP) is 1.68. The molecule has 0 aliphatic rings. The van der Waals surface area contributed by atoms with Crippen molar-refractivity contribution in [1.29, 1.82) is 0 Å². The van der Waals surface area contributed by atoms with Crippen LogP contribution < -0.4 is 5.32 Å². The van der Waals surface area contributed by atoms with Crippen molar-refractivity contribution >= 4 is 35.2 Å². The van der Waals surface area contributed by atoms with Crippen molar-refractivity contribution in [2.75, 3.05) is 19.5 Å². The lowest BCUT2D eigenvalue weighted by molar-refractivity contribution is -0.138. The average molecular weight is 314 g/mol. The summed E-state index contributed by atoms with van der Waals surface area (Å²) in [6.45, 7) is 0. The third-order valence-electron chi connectivity index (χ3n) is 2.35. The minimum atomic E-state index is -1.18. The molecule has 0 saturated carbocycles. The van der Waals surface area contributed by atoms with Crippen LogP contribution in [-0.4, -0.2) is 37.2 Å². The standard InChI is InChI=1S/C13H12ClNO6/c1-20-11(16)6-10(13(19)21-2)15-7-3-4-8(12(17)18)9(14)5-7/h3-6,15H,1-2H3,(H,17,18)/b10-6+. The van der Waals surface area contributed by atoms with E-state index in [-0.39, 0.29) is 16.3 Å². The van der Waals surface area contributed by atoms with Crippen LogP contribution in [0.4, 0.5) is 5.69 Å². The van der Waals surface area contributed by atoms with Crippen LogP contribution in [0.3, 0.4) is 0 Å². The van der Waals surface area contributed by atoms with E-state index in [1.165, 1.54) is 18.2 Å². The monoisotopic (exact) mass is 313 g/mol. The molecule has 0 fully saturated rings. The number of nitrogens with one attached hydrogen (secondary N) is 1. The van der Waals surface area contributed by atoms with E-state index in [0.29, 0.717) is 5.69 Å². The van der Waals surface area contributed by atoms with Gasteiger partial charge >= 0.3 is 17.9 Å². The number of carboxylic acids is 1. The number of carbonyl (C=O) groups excluding carboxylic acids is 2. The Bertz CT molecular complexity index is 611. The number of benzene rings is 1. The third kappa shape index (κ3) is 4.50. The first kappa shape index (κ1) is 16.5. The maximum atomic E-state index is 11.5. The van der Waals surface area contributed by atoms with Crippen molar-refractivity contribution in [2.24, 2.45) is 0 Å². The molecule has 0 atom stereocenters. The van der Waals surface area contributed by atoms with E-state index in [1.807, 2.05) is 0 Å². The van der Waals surface area contributed by atoms with Gasteiger partial charge in [-0.3, -0.25) is 0 Å². The minimum absolute atomic E-state index is 0.0187. The number of anilines is 1. The van der Waals surface area contributed by atoms with Crippen LogP contribution in [0.1, 0.15) is 10.4 Å². The van der Waals surface area contributed by atoms with Crippen molar-refractivity contribution in [3.05, 3.63) is 40.6 Å². The fourth-order valence-corrected chi connectivity index (χ4v) is 1.62. The first-order chi connectivity index (χ1) is 9.88. The summed E-state index contributed by atoms with van der Waals surface area (Å²) in [6.07, 6.45) is 0.908. The van der Waals surface area contributed by atoms with E-state index in [2.05, 4.69) is 14.8 Å². The maximum Gasteiger partial charge on any atom is 0.354 e. The molecule has 1 rings (SSSR count). The van der Waals surface area contributed by atoms with Crippen molar-refractivity contribution in [2.45, 2.75) is 0 Å². The van der Waals surface area contributed by atoms with Gasteiger partial charge in [0.1, 0.15) is 5.70 Å². The molecule has 1 aromatic carbocycles. The largest absolute Gasteiger partial charge is 0.478 e. The molecule has 0 amide bonds. The van der Waals surface area contributed by atoms with Gasteiger partial charge in [-0.2, -0.15) is 0 Å². The van der Waals surface area contributed by atoms with Crippen molar-refractivity contribution < 1.29 is 29.0 Å². The number of methoxy groups -OCH3 is 2. The summed E-state index contributed by atoms with van der Waals surface area (Å²) in [7, 11) is 2.31. The Hall–Kier alpha value is -2.54. The van der Waals surface area contributed by atoms with Gasteiger partial charge in [-0.1, -0.05) is 11.6 Å². The zero-order chi connectivity index (χ0) is 16.0. The van der Waals surface area contributed by atoms with Crippen molar-refractivity contribution in [3.8, 4) is 0 Å². The molecule has 0 unspecified atom stereocenters. The lowest BCUT2D eigenvalue weighted by Gasteiger charge is -2.10. The Kier molecular flexibility index (Phi) is 5.74. The Morgan fingerprint density at radius 1 is 1.24 bits per heavy atom. The van der Waals surface area contributed by atoms with E-state index in [9.17, 15) is 14.4 Å². The fraction of sp³-hybridized carbons (Fsp3) is 0.154. The lowest BCUT2D eigenvalue weighted by atomic mass is 10.2. The second kappa shape index (κ2) is 7.30. The molecule has 0 spiro atoms. The summed E-state index contributed by atoms with van der Waals surface area (Å²) >= 11 is 5.81. The topological polar surface area (TPSA) is 102 Å². The molecule has 0 aromatic heterocycles. The molecule has 1 aromatic rings. The van der Waals surface area contributed by atoms with Gasteiger partial charge in [0.25, 0.3) is 0 Å². The number of hydrogen-bond acceptors (Lipinski definition) is 6. The van der Waals surface area contributed by atoms with Gasteiger partial charge in [0.15, 0.2) is 0 Å². The second-order valence-corrected chi connectivity index (χ2v) is 4.10. The van der Waals surface area contributed by atoms with Crippen LogP contribution in [0.2, 0.25) is 5.02 Å². The highest BCUT2D eigenvalue weighted by Gasteiger charge is 2.14. The van der Waals surface area contributed by atoms with Gasteiger partial charge in [-0.15, -0.1) is 0 Å². The minimum Gasteiger partial charge on any atom is -0.478 e. The number of halogens is 1. The Morgan fingerprint density at radius 2 is 1.90 bits per heavy atom. The number of carbonyl (C=O) groups is 3. The number of carboxylic acid groups (broad SMARTS) is 1. The molecular weight excluding hydrogens is 302 g/mol. The van der Waals surface area contributed by atoms with Gasteiger partial charge in [0.05, 0.1) is 30.9 Å². The SMILES string of the molecule is COC(=O)/C=C(/Nc1ccc(C(=O)O)c(Cl)c1)C(=O)OC. The highest BCUT2D eigenvalue weighted by molar-refractivity contribution is 6.33. The molecule has 2 N–H and O–H groups in total. The van der Waals surface area contributed by atoms with E-state index in [1.54, 1.807) is 0 Å². The molecule has 0 aliphatic heterocycles. The number of aromatic carboxylic acids is 1. The van der Waals surface area contributed by atoms with E-state index in [0.717, 1.165) is 20.3 Å². The second-order valence-electron chi connectivity index (χ2n) is 3.70. The van der Waals surface area contributed by atoms with E-state index in [4.69, 9.17) is 16.7 Å². The normalized spacial score (nSPS) is 10.7. The van der Waals surface area contributed by atoms with Crippen LogP contribution >= 0.6 is 11.6 Å². The average Bonchev–Trinajstić information content (AvgIpc) is 2.45. The number of esters is 2. The summed E-state index contributed by atoms with van der Waals surface area (Å²) in [4.78, 5) is 33.6.